The molecule has 2 aromatic heterocycles. The van der Waals surface area contributed by atoms with E-state index in [-0.39, 0.29) is 0 Å². The van der Waals surface area contributed by atoms with E-state index in [1.54, 1.807) is 23.0 Å². The van der Waals surface area contributed by atoms with Gasteiger partial charge in [-0.1, -0.05) is 6.07 Å². The van der Waals surface area contributed by atoms with E-state index in [1.807, 2.05) is 18.3 Å². The van der Waals surface area contributed by atoms with Crippen LogP contribution in [0.15, 0.2) is 30.6 Å². The number of nitriles is 1. The van der Waals surface area contributed by atoms with Gasteiger partial charge in [0.2, 0.25) is 0 Å². The monoisotopic (exact) mass is 296 g/mol. The molecule has 0 aromatic carbocycles. The van der Waals surface area contributed by atoms with Gasteiger partial charge in [-0.2, -0.15) is 10.4 Å². The van der Waals surface area contributed by atoms with Crippen molar-refractivity contribution in [3.8, 4) is 11.9 Å². The van der Waals surface area contributed by atoms with Crippen molar-refractivity contribution in [2.45, 2.75) is 0 Å². The molecule has 0 amide bonds. The van der Waals surface area contributed by atoms with Gasteiger partial charge >= 0.3 is 0 Å². The van der Waals surface area contributed by atoms with Crippen LogP contribution in [0.5, 0.6) is 0 Å². The fraction of sp³-hybridized carbons (Fsp3) is 0. The Morgan fingerprint density at radius 3 is 2.93 bits per heavy atom. The van der Waals surface area contributed by atoms with E-state index >= 15 is 0 Å². The number of hydrogen-bond donors (Lipinski definition) is 0. The number of nitrogens with zero attached hydrogens (tertiary/aromatic N) is 4. The quantitative estimate of drug-likeness (QED) is 0.753. The Hall–Kier alpha value is -1.42. The molecule has 4 nitrogen and oxygen atoms in total. The second-order valence-corrected chi connectivity index (χ2v) is 3.84. The molecule has 0 saturated heterocycles. The van der Waals surface area contributed by atoms with E-state index in [9.17, 15) is 0 Å². The fourth-order valence-electron chi connectivity index (χ4n) is 1.04. The van der Waals surface area contributed by atoms with E-state index in [0.29, 0.717) is 11.5 Å². The van der Waals surface area contributed by atoms with Crippen molar-refractivity contribution in [3.05, 3.63) is 39.9 Å². The zero-order chi connectivity index (χ0) is 9.97. The zero-order valence-electron chi connectivity index (χ0n) is 7.05. The van der Waals surface area contributed by atoms with E-state index in [1.165, 1.54) is 0 Å². The molecule has 0 atom stereocenters. The lowest BCUT2D eigenvalue weighted by molar-refractivity contribution is 0.844. The van der Waals surface area contributed by atoms with Crippen molar-refractivity contribution in [2.24, 2.45) is 0 Å². The fourth-order valence-corrected chi connectivity index (χ4v) is 1.43. The van der Waals surface area contributed by atoms with Crippen LogP contribution < -0.4 is 0 Å². The number of pyridine rings is 1. The summed E-state index contributed by atoms with van der Waals surface area (Å²) >= 11 is 2.17. The maximum Gasteiger partial charge on any atom is 0.154 e. The first-order valence-electron chi connectivity index (χ1n) is 3.87. The average Bonchev–Trinajstić information content (AvgIpc) is 2.65. The van der Waals surface area contributed by atoms with Crippen LogP contribution in [0, 0.1) is 14.9 Å². The molecule has 0 saturated carbocycles. The Bertz CT molecular complexity index is 498. The minimum atomic E-state index is 0.396. The molecule has 0 unspecified atom stereocenters. The summed E-state index contributed by atoms with van der Waals surface area (Å²) in [5.74, 6) is 0.659. The SMILES string of the molecule is N#Cc1cccc(-n2cc(I)cn2)n1. The average molecular weight is 296 g/mol. The minimum absolute atomic E-state index is 0.396. The molecule has 0 radical (unpaired) electrons. The van der Waals surface area contributed by atoms with Crippen LogP contribution in [-0.2, 0) is 0 Å². The number of rotatable bonds is 1. The lowest BCUT2D eigenvalue weighted by Crippen LogP contribution is -1.98. The predicted molar refractivity (Wildman–Crippen MR) is 58.8 cm³/mol. The highest BCUT2D eigenvalue weighted by Gasteiger charge is 2.00. The Morgan fingerprint density at radius 1 is 1.43 bits per heavy atom. The molecule has 2 rings (SSSR count). The molecule has 2 heterocycles. The van der Waals surface area contributed by atoms with Gasteiger partial charge in [0.1, 0.15) is 11.8 Å². The molecular weight excluding hydrogens is 291 g/mol. The number of aromatic nitrogens is 3. The molecule has 2 aromatic rings. The predicted octanol–water partition coefficient (Wildman–Crippen LogP) is 1.74. The van der Waals surface area contributed by atoms with Gasteiger partial charge in [0.25, 0.3) is 0 Å². The standard InChI is InChI=1S/C9H5IN4/c10-7-5-12-14(6-7)9-3-1-2-8(4-11)13-9/h1-3,5-6H. The second-order valence-electron chi connectivity index (χ2n) is 2.60. The molecule has 14 heavy (non-hydrogen) atoms. The van der Waals surface area contributed by atoms with E-state index in [0.717, 1.165) is 3.57 Å². The molecule has 0 aliphatic carbocycles. The molecule has 5 heteroatoms. The normalized spacial score (nSPS) is 9.71. The van der Waals surface area contributed by atoms with Crippen LogP contribution in [-0.4, -0.2) is 14.8 Å². The van der Waals surface area contributed by atoms with Crippen LogP contribution in [0.3, 0.4) is 0 Å². The number of hydrogen-bond acceptors (Lipinski definition) is 3. The summed E-state index contributed by atoms with van der Waals surface area (Å²) in [7, 11) is 0. The van der Waals surface area contributed by atoms with Crippen molar-refractivity contribution in [1.82, 2.24) is 14.8 Å². The first kappa shape index (κ1) is 9.15. The molecule has 0 aliphatic rings. The van der Waals surface area contributed by atoms with Gasteiger partial charge in [0, 0.05) is 6.20 Å². The molecular formula is C9H5IN4. The first-order chi connectivity index (χ1) is 6.79. The summed E-state index contributed by atoms with van der Waals surface area (Å²) in [5, 5.41) is 12.8. The van der Waals surface area contributed by atoms with E-state index in [2.05, 4.69) is 32.7 Å². The Morgan fingerprint density at radius 2 is 2.29 bits per heavy atom. The summed E-state index contributed by atoms with van der Waals surface area (Å²) in [5.41, 5.74) is 0.396. The van der Waals surface area contributed by atoms with Crippen LogP contribution in [0.25, 0.3) is 5.82 Å². The van der Waals surface area contributed by atoms with Gasteiger partial charge in [-0.25, -0.2) is 9.67 Å². The molecule has 0 N–H and O–H groups in total. The third-order valence-electron chi connectivity index (χ3n) is 1.63. The Balaban J connectivity index is 2.47. The molecule has 0 aliphatic heterocycles. The number of halogens is 1. The van der Waals surface area contributed by atoms with Crippen molar-refractivity contribution >= 4 is 22.6 Å². The van der Waals surface area contributed by atoms with Crippen molar-refractivity contribution in [1.29, 1.82) is 5.26 Å². The van der Waals surface area contributed by atoms with Crippen LogP contribution in [0.2, 0.25) is 0 Å². The van der Waals surface area contributed by atoms with Crippen molar-refractivity contribution in [3.63, 3.8) is 0 Å². The lowest BCUT2D eigenvalue weighted by Gasteiger charge is -1.98. The highest BCUT2D eigenvalue weighted by Crippen LogP contribution is 2.07. The molecule has 0 fully saturated rings. The lowest BCUT2D eigenvalue weighted by atomic mass is 10.4. The second kappa shape index (κ2) is 3.75. The third kappa shape index (κ3) is 1.75. The summed E-state index contributed by atoms with van der Waals surface area (Å²) in [4.78, 5) is 4.11. The van der Waals surface area contributed by atoms with Gasteiger partial charge < -0.3 is 0 Å². The Labute approximate surface area is 94.3 Å². The minimum Gasteiger partial charge on any atom is -0.222 e. The van der Waals surface area contributed by atoms with Crippen molar-refractivity contribution < 1.29 is 0 Å². The van der Waals surface area contributed by atoms with Gasteiger partial charge in [0.05, 0.1) is 9.77 Å². The Kier molecular flexibility index (Phi) is 2.45. The summed E-state index contributed by atoms with van der Waals surface area (Å²) in [6, 6.07) is 7.25. The summed E-state index contributed by atoms with van der Waals surface area (Å²) in [6.07, 6.45) is 3.59. The molecule has 0 bridgehead atoms. The maximum atomic E-state index is 8.67. The molecule has 68 valence electrons. The zero-order valence-corrected chi connectivity index (χ0v) is 9.21. The highest BCUT2D eigenvalue weighted by molar-refractivity contribution is 14.1. The first-order valence-corrected chi connectivity index (χ1v) is 4.95. The molecule has 0 spiro atoms. The van der Waals surface area contributed by atoms with Crippen molar-refractivity contribution in [2.75, 3.05) is 0 Å². The topological polar surface area (TPSA) is 54.5 Å². The summed E-state index contributed by atoms with van der Waals surface area (Å²) < 4.78 is 2.68. The highest BCUT2D eigenvalue weighted by atomic mass is 127. The summed E-state index contributed by atoms with van der Waals surface area (Å²) in [6.45, 7) is 0. The van der Waals surface area contributed by atoms with Gasteiger partial charge in [-0.3, -0.25) is 0 Å². The maximum absolute atomic E-state index is 8.67. The van der Waals surface area contributed by atoms with Crippen LogP contribution >= 0.6 is 22.6 Å². The van der Waals surface area contributed by atoms with Crippen LogP contribution in [0.1, 0.15) is 5.69 Å². The van der Waals surface area contributed by atoms with Gasteiger partial charge in [-0.15, -0.1) is 0 Å². The van der Waals surface area contributed by atoms with Gasteiger partial charge in [0.15, 0.2) is 5.82 Å². The van der Waals surface area contributed by atoms with Crippen LogP contribution in [0.4, 0.5) is 0 Å². The largest absolute Gasteiger partial charge is 0.222 e. The van der Waals surface area contributed by atoms with E-state index < -0.39 is 0 Å². The third-order valence-corrected chi connectivity index (χ3v) is 2.19. The van der Waals surface area contributed by atoms with E-state index in [4.69, 9.17) is 5.26 Å². The van der Waals surface area contributed by atoms with Gasteiger partial charge in [-0.05, 0) is 34.7 Å². The smallest absolute Gasteiger partial charge is 0.154 e.